The molecule has 0 amide bonds. The summed E-state index contributed by atoms with van der Waals surface area (Å²) < 4.78 is 5.98. The first-order valence-electron chi connectivity index (χ1n) is 15.0. The van der Waals surface area contributed by atoms with Gasteiger partial charge in [-0.2, -0.15) is 0 Å². The maximum absolute atomic E-state index is 13.0. The number of fused-ring (bicyclic) bond motifs is 5. The molecule has 38 heavy (non-hydrogen) atoms. The molecule has 0 saturated heterocycles. The highest BCUT2D eigenvalue weighted by Gasteiger charge is 2.65. The molecule has 0 aromatic carbocycles. The molecule has 2 unspecified atom stereocenters. The zero-order valence-electron chi connectivity index (χ0n) is 24.3. The Balaban J connectivity index is 1.59. The zero-order valence-corrected chi connectivity index (χ0v) is 24.3. The van der Waals surface area contributed by atoms with Gasteiger partial charge < -0.3 is 20.7 Å². The molecule has 0 aliphatic heterocycles. The lowest BCUT2D eigenvalue weighted by Gasteiger charge is -2.64. The minimum absolute atomic E-state index is 0.0108. The quantitative estimate of drug-likeness (QED) is 0.249. The molecule has 0 aromatic heterocycles. The second-order valence-electron chi connectivity index (χ2n) is 14.3. The van der Waals surface area contributed by atoms with Crippen LogP contribution in [0.2, 0.25) is 0 Å². The molecule has 5 aliphatic carbocycles. The number of carbonyl (C=O) groups excluding carboxylic acids is 1. The van der Waals surface area contributed by atoms with E-state index in [2.05, 4.69) is 34.6 Å². The number of hydrogen-bond donors (Lipinski definition) is 3. The molecule has 11 atom stereocenters. The van der Waals surface area contributed by atoms with Gasteiger partial charge in [0.25, 0.3) is 0 Å². The summed E-state index contributed by atoms with van der Waals surface area (Å²) in [5.74, 6) is 0.160. The van der Waals surface area contributed by atoms with Crippen molar-refractivity contribution in [3.63, 3.8) is 0 Å². The molecule has 6 heteroatoms. The number of aliphatic hydroxyl groups excluding tert-OH is 1. The Labute approximate surface area is 228 Å². The first-order chi connectivity index (χ1) is 17.8. The number of esters is 1. The first-order valence-corrected chi connectivity index (χ1v) is 15.0. The van der Waals surface area contributed by atoms with Crippen LogP contribution >= 0.6 is 0 Å². The average molecular weight is 528 g/mol. The Morgan fingerprint density at radius 2 is 1.71 bits per heavy atom. The van der Waals surface area contributed by atoms with Crippen molar-refractivity contribution in [2.24, 2.45) is 52.1 Å². The highest BCUT2D eigenvalue weighted by Crippen LogP contribution is 2.69. The highest BCUT2D eigenvalue weighted by atomic mass is 16.5. The van der Waals surface area contributed by atoms with Gasteiger partial charge in [0.1, 0.15) is 6.10 Å². The van der Waals surface area contributed by atoms with Gasteiger partial charge in [-0.3, -0.25) is 4.79 Å². The molecule has 0 aromatic rings. The van der Waals surface area contributed by atoms with Gasteiger partial charge in [0.2, 0.25) is 0 Å². The summed E-state index contributed by atoms with van der Waals surface area (Å²) in [7, 11) is 0. The third-order valence-electron chi connectivity index (χ3n) is 12.3. The first kappa shape index (κ1) is 27.9. The summed E-state index contributed by atoms with van der Waals surface area (Å²) in [6.07, 6.45) is 7.15. The largest absolute Gasteiger partial charge is 0.478 e. The molecule has 6 nitrogen and oxygen atoms in total. The Kier molecular flexibility index (Phi) is 7.16. The number of carbonyl (C=O) groups is 2. The van der Waals surface area contributed by atoms with Gasteiger partial charge in [0, 0.05) is 18.5 Å². The Morgan fingerprint density at radius 3 is 2.32 bits per heavy atom. The van der Waals surface area contributed by atoms with Gasteiger partial charge in [0.05, 0.1) is 6.10 Å². The lowest BCUT2D eigenvalue weighted by atomic mass is 9.41. The molecule has 5 aliphatic rings. The van der Waals surface area contributed by atoms with E-state index in [4.69, 9.17) is 10.5 Å². The van der Waals surface area contributed by atoms with Crippen molar-refractivity contribution < 1.29 is 24.5 Å². The maximum Gasteiger partial charge on any atom is 0.331 e. The zero-order chi connectivity index (χ0) is 27.7. The smallest absolute Gasteiger partial charge is 0.331 e. The SMILES string of the molecule is CC(=O)O[C@H]1C[C@]2(C)C3CC[C@H]4[C@H](C)[C@H](O)CC[C@]4(C)[C@@H]3[C@H](N)C[C@H]2/C1=C(/C(=O)O)C1CCC(=C(C)C)C1. The van der Waals surface area contributed by atoms with Crippen LogP contribution in [-0.4, -0.2) is 40.4 Å². The summed E-state index contributed by atoms with van der Waals surface area (Å²) in [5, 5.41) is 21.3. The van der Waals surface area contributed by atoms with Crippen molar-refractivity contribution in [3.05, 3.63) is 22.3 Å². The number of allylic oxidation sites excluding steroid dienone is 2. The number of rotatable bonds is 3. The minimum atomic E-state index is -0.858. The highest BCUT2D eigenvalue weighted by molar-refractivity contribution is 5.89. The van der Waals surface area contributed by atoms with E-state index in [9.17, 15) is 19.8 Å². The lowest BCUT2D eigenvalue weighted by molar-refractivity contribution is -0.159. The van der Waals surface area contributed by atoms with E-state index < -0.39 is 12.1 Å². The fourth-order valence-electron chi connectivity index (χ4n) is 10.5. The summed E-state index contributed by atoms with van der Waals surface area (Å²) in [6, 6.07) is -0.0358. The average Bonchev–Trinajstić information content (AvgIpc) is 3.41. The van der Waals surface area contributed by atoms with Gasteiger partial charge in [0.15, 0.2) is 0 Å². The summed E-state index contributed by atoms with van der Waals surface area (Å²) in [5.41, 5.74) is 11.0. The van der Waals surface area contributed by atoms with Gasteiger partial charge in [-0.1, -0.05) is 31.9 Å². The molecular formula is C32H49NO5. The van der Waals surface area contributed by atoms with Crippen molar-refractivity contribution in [2.45, 2.75) is 118 Å². The lowest BCUT2D eigenvalue weighted by Crippen LogP contribution is -2.62. The van der Waals surface area contributed by atoms with Crippen molar-refractivity contribution in [3.8, 4) is 0 Å². The van der Waals surface area contributed by atoms with Crippen molar-refractivity contribution in [1.29, 1.82) is 0 Å². The Bertz CT molecular complexity index is 1060. The summed E-state index contributed by atoms with van der Waals surface area (Å²) in [6.45, 7) is 12.6. The molecule has 0 radical (unpaired) electrons. The predicted molar refractivity (Wildman–Crippen MR) is 147 cm³/mol. The van der Waals surface area contributed by atoms with E-state index in [-0.39, 0.29) is 46.7 Å². The van der Waals surface area contributed by atoms with Crippen LogP contribution in [0.5, 0.6) is 0 Å². The third kappa shape index (κ3) is 4.20. The summed E-state index contributed by atoms with van der Waals surface area (Å²) in [4.78, 5) is 25.3. The normalized spacial score (nSPS) is 47.6. The molecule has 4 N–H and O–H groups in total. The second kappa shape index (κ2) is 9.76. The van der Waals surface area contributed by atoms with Crippen LogP contribution in [0.15, 0.2) is 22.3 Å². The number of carboxylic acid groups (broad SMARTS) is 1. The minimum Gasteiger partial charge on any atom is -0.478 e. The predicted octanol–water partition coefficient (Wildman–Crippen LogP) is 5.63. The van der Waals surface area contributed by atoms with Gasteiger partial charge >= 0.3 is 11.9 Å². The maximum atomic E-state index is 13.0. The summed E-state index contributed by atoms with van der Waals surface area (Å²) >= 11 is 0. The molecule has 0 bridgehead atoms. The van der Waals surface area contributed by atoms with E-state index in [1.54, 1.807) is 0 Å². The number of ether oxygens (including phenoxy) is 1. The van der Waals surface area contributed by atoms with E-state index >= 15 is 0 Å². The van der Waals surface area contributed by atoms with Crippen LogP contribution in [0.3, 0.4) is 0 Å². The molecule has 5 rings (SSSR count). The van der Waals surface area contributed by atoms with Crippen LogP contribution in [0, 0.1) is 46.3 Å². The van der Waals surface area contributed by atoms with Crippen LogP contribution < -0.4 is 5.73 Å². The fourth-order valence-corrected chi connectivity index (χ4v) is 10.5. The van der Waals surface area contributed by atoms with E-state index in [1.165, 1.54) is 18.1 Å². The number of aliphatic hydroxyl groups is 1. The van der Waals surface area contributed by atoms with Crippen molar-refractivity contribution in [1.82, 2.24) is 0 Å². The van der Waals surface area contributed by atoms with Crippen LogP contribution in [0.4, 0.5) is 0 Å². The third-order valence-corrected chi connectivity index (χ3v) is 12.3. The molecule has 0 heterocycles. The number of aliphatic carboxylic acids is 1. The Hall–Kier alpha value is -1.66. The number of carboxylic acids is 1. The number of nitrogens with two attached hydrogens (primary N) is 1. The van der Waals surface area contributed by atoms with Crippen LogP contribution in [0.25, 0.3) is 0 Å². The van der Waals surface area contributed by atoms with E-state index in [0.717, 1.165) is 56.9 Å². The standard InChI is InChI=1S/C32H49NO5/c1-16(2)19-7-8-20(13-19)27(30(36)37)28-23-14-24(33)29-22(32(23,6)15-26(28)38-18(4)34)10-9-21-17(3)25(35)11-12-31(21,29)5/h17,20-26,29,35H,7-15,33H2,1-6H3,(H,36,37)/b28-27-/t17-,20?,21-,22?,23-,24+,25+,26-,29-,31-,32+/m0/s1. The second-order valence-corrected chi connectivity index (χ2v) is 14.3. The fraction of sp³-hybridized carbons (Fsp3) is 0.812. The molecule has 5 fully saturated rings. The Morgan fingerprint density at radius 1 is 1.03 bits per heavy atom. The number of hydrogen-bond acceptors (Lipinski definition) is 5. The van der Waals surface area contributed by atoms with Crippen molar-refractivity contribution in [2.75, 3.05) is 0 Å². The van der Waals surface area contributed by atoms with Gasteiger partial charge in [-0.15, -0.1) is 0 Å². The van der Waals surface area contributed by atoms with E-state index in [0.29, 0.717) is 29.7 Å². The van der Waals surface area contributed by atoms with E-state index in [1.807, 2.05) is 0 Å². The van der Waals surface area contributed by atoms with Crippen molar-refractivity contribution >= 4 is 11.9 Å². The molecule has 5 saturated carbocycles. The van der Waals surface area contributed by atoms with Gasteiger partial charge in [-0.05, 0) is 124 Å². The monoisotopic (exact) mass is 527 g/mol. The van der Waals surface area contributed by atoms with Crippen LogP contribution in [0.1, 0.15) is 99.3 Å². The molecular weight excluding hydrogens is 478 g/mol. The topological polar surface area (TPSA) is 110 Å². The molecule has 0 spiro atoms. The molecule has 212 valence electrons. The van der Waals surface area contributed by atoms with Gasteiger partial charge in [-0.25, -0.2) is 4.79 Å². The van der Waals surface area contributed by atoms with Crippen LogP contribution in [-0.2, 0) is 14.3 Å².